The molecule has 0 saturated heterocycles. The molecule has 0 aromatic heterocycles. The van der Waals surface area contributed by atoms with Crippen LogP contribution in [0.5, 0.6) is 0 Å². The fourth-order valence-corrected chi connectivity index (χ4v) is 2.48. The molecule has 1 N–H and O–H groups in total. The highest BCUT2D eigenvalue weighted by Crippen LogP contribution is 2.19. The smallest absolute Gasteiger partial charge is 0.338 e. The van der Waals surface area contributed by atoms with Crippen LogP contribution in [0, 0.1) is 6.92 Å². The maximum atomic E-state index is 12.1. The van der Waals surface area contributed by atoms with Crippen molar-refractivity contribution in [1.29, 1.82) is 0 Å². The molecule has 0 saturated carbocycles. The highest BCUT2D eigenvalue weighted by Gasteiger charge is 2.10. The Balaban J connectivity index is 1.54. The molecule has 0 unspecified atom stereocenters. The van der Waals surface area contributed by atoms with Gasteiger partial charge < -0.3 is 10.1 Å². The molecule has 0 atom stereocenters. The van der Waals surface area contributed by atoms with Crippen molar-refractivity contribution in [2.75, 3.05) is 11.9 Å². The first-order valence-corrected chi connectivity index (χ1v) is 8.31. The van der Waals surface area contributed by atoms with Crippen molar-refractivity contribution in [2.45, 2.75) is 6.92 Å². The van der Waals surface area contributed by atoms with Crippen LogP contribution in [0.4, 0.5) is 5.69 Å². The summed E-state index contributed by atoms with van der Waals surface area (Å²) in [7, 11) is 0. The zero-order chi connectivity index (χ0) is 18.4. The predicted molar refractivity (Wildman–Crippen MR) is 102 cm³/mol. The molecular formula is C22H19NO3. The maximum absolute atomic E-state index is 12.1. The van der Waals surface area contributed by atoms with Gasteiger partial charge in [-0.05, 0) is 42.3 Å². The molecule has 0 spiro atoms. The number of aryl methyl sites for hydroxylation is 1. The van der Waals surface area contributed by atoms with Gasteiger partial charge in [0.25, 0.3) is 5.91 Å². The molecule has 0 radical (unpaired) electrons. The van der Waals surface area contributed by atoms with Crippen LogP contribution in [-0.2, 0) is 9.53 Å². The summed E-state index contributed by atoms with van der Waals surface area (Å²) in [5.74, 6) is -0.897. The fraction of sp³-hybridized carbons (Fsp3) is 0.0909. The molecule has 3 rings (SSSR count). The van der Waals surface area contributed by atoms with E-state index in [9.17, 15) is 9.59 Å². The van der Waals surface area contributed by atoms with E-state index in [0.717, 1.165) is 16.7 Å². The van der Waals surface area contributed by atoms with Crippen LogP contribution in [0.2, 0.25) is 0 Å². The first-order chi connectivity index (χ1) is 12.6. The molecule has 0 fully saturated rings. The van der Waals surface area contributed by atoms with Crippen molar-refractivity contribution in [3.05, 3.63) is 90.0 Å². The van der Waals surface area contributed by atoms with Crippen LogP contribution in [-0.4, -0.2) is 18.5 Å². The van der Waals surface area contributed by atoms with Gasteiger partial charge in [-0.2, -0.15) is 0 Å². The lowest BCUT2D eigenvalue weighted by Crippen LogP contribution is -2.20. The minimum Gasteiger partial charge on any atom is -0.452 e. The van der Waals surface area contributed by atoms with E-state index < -0.39 is 5.97 Å². The van der Waals surface area contributed by atoms with Gasteiger partial charge in [-0.1, -0.05) is 60.2 Å². The van der Waals surface area contributed by atoms with Gasteiger partial charge in [-0.25, -0.2) is 4.79 Å². The molecule has 1 amide bonds. The second-order valence-electron chi connectivity index (χ2n) is 5.93. The number of carbonyl (C=O) groups is 2. The Kier molecular flexibility index (Phi) is 5.44. The molecule has 130 valence electrons. The molecule has 4 heteroatoms. The lowest BCUT2D eigenvalue weighted by molar-refractivity contribution is -0.119. The minimum atomic E-state index is -0.524. The quantitative estimate of drug-likeness (QED) is 0.695. The van der Waals surface area contributed by atoms with E-state index in [4.69, 9.17) is 4.74 Å². The Labute approximate surface area is 152 Å². The van der Waals surface area contributed by atoms with Crippen molar-refractivity contribution < 1.29 is 14.3 Å². The fourth-order valence-electron chi connectivity index (χ4n) is 2.48. The maximum Gasteiger partial charge on any atom is 0.338 e. The van der Waals surface area contributed by atoms with Gasteiger partial charge in [-0.3, -0.25) is 4.79 Å². The summed E-state index contributed by atoms with van der Waals surface area (Å²) in [4.78, 5) is 24.0. The van der Waals surface area contributed by atoms with Gasteiger partial charge in [0.1, 0.15) is 0 Å². The zero-order valence-corrected chi connectivity index (χ0v) is 14.4. The third-order valence-electron chi connectivity index (χ3n) is 3.90. The summed E-state index contributed by atoms with van der Waals surface area (Å²) < 4.78 is 5.08. The van der Waals surface area contributed by atoms with E-state index >= 15 is 0 Å². The molecule has 4 nitrogen and oxygen atoms in total. The molecular weight excluding hydrogens is 326 g/mol. The SMILES string of the molecule is Cc1ccc(NC(=O)COC(=O)c2ccc(-c3ccccc3)cc2)cc1. The highest BCUT2D eigenvalue weighted by atomic mass is 16.5. The van der Waals surface area contributed by atoms with Crippen molar-refractivity contribution in [1.82, 2.24) is 0 Å². The van der Waals surface area contributed by atoms with Crippen LogP contribution >= 0.6 is 0 Å². The van der Waals surface area contributed by atoms with Gasteiger partial charge in [-0.15, -0.1) is 0 Å². The summed E-state index contributed by atoms with van der Waals surface area (Å²) in [6, 6.07) is 24.4. The van der Waals surface area contributed by atoms with Crippen molar-refractivity contribution in [2.24, 2.45) is 0 Å². The summed E-state index contributed by atoms with van der Waals surface area (Å²) in [5, 5.41) is 2.69. The van der Waals surface area contributed by atoms with Crippen LogP contribution in [0.3, 0.4) is 0 Å². The topological polar surface area (TPSA) is 55.4 Å². The molecule has 3 aromatic rings. The largest absolute Gasteiger partial charge is 0.452 e. The first kappa shape index (κ1) is 17.4. The number of anilines is 1. The molecule has 0 aliphatic rings. The van der Waals surface area contributed by atoms with E-state index in [0.29, 0.717) is 11.3 Å². The molecule has 3 aromatic carbocycles. The Morgan fingerprint density at radius 3 is 2.08 bits per heavy atom. The number of hydrogen-bond donors (Lipinski definition) is 1. The molecule has 0 heterocycles. The summed E-state index contributed by atoms with van der Waals surface area (Å²) in [6.07, 6.45) is 0. The van der Waals surface area contributed by atoms with Gasteiger partial charge in [0.15, 0.2) is 6.61 Å². The van der Waals surface area contributed by atoms with Crippen LogP contribution in [0.25, 0.3) is 11.1 Å². The number of ether oxygens (including phenoxy) is 1. The molecule has 0 aliphatic carbocycles. The van der Waals surface area contributed by atoms with E-state index in [1.54, 1.807) is 24.3 Å². The Morgan fingerprint density at radius 1 is 0.808 bits per heavy atom. The number of carbonyl (C=O) groups excluding carboxylic acids is 2. The van der Waals surface area contributed by atoms with Gasteiger partial charge in [0.05, 0.1) is 5.56 Å². The van der Waals surface area contributed by atoms with Crippen LogP contribution in [0.1, 0.15) is 15.9 Å². The second kappa shape index (κ2) is 8.12. The number of benzene rings is 3. The standard InChI is InChI=1S/C22H19NO3/c1-16-7-13-20(14-8-16)23-21(24)15-26-22(25)19-11-9-18(10-12-19)17-5-3-2-4-6-17/h2-14H,15H2,1H3,(H,23,24). The minimum absolute atomic E-state index is 0.326. The van der Waals surface area contributed by atoms with Gasteiger partial charge in [0.2, 0.25) is 0 Å². The van der Waals surface area contributed by atoms with Crippen molar-refractivity contribution in [3.63, 3.8) is 0 Å². The monoisotopic (exact) mass is 345 g/mol. The van der Waals surface area contributed by atoms with Crippen molar-refractivity contribution in [3.8, 4) is 11.1 Å². The number of rotatable bonds is 5. The third kappa shape index (κ3) is 4.57. The Hall–Kier alpha value is -3.40. The molecule has 0 aliphatic heterocycles. The predicted octanol–water partition coefficient (Wildman–Crippen LogP) is 4.46. The average Bonchev–Trinajstić information content (AvgIpc) is 2.69. The Bertz CT molecular complexity index is 885. The normalized spacial score (nSPS) is 10.2. The molecule has 26 heavy (non-hydrogen) atoms. The summed E-state index contributed by atoms with van der Waals surface area (Å²) in [6.45, 7) is 1.64. The second-order valence-corrected chi connectivity index (χ2v) is 5.93. The number of esters is 1. The number of hydrogen-bond acceptors (Lipinski definition) is 3. The van der Waals surface area contributed by atoms with Crippen molar-refractivity contribution >= 4 is 17.6 Å². The summed E-state index contributed by atoms with van der Waals surface area (Å²) in [5.41, 5.74) is 4.27. The first-order valence-electron chi connectivity index (χ1n) is 8.31. The van der Waals surface area contributed by atoms with Gasteiger partial charge in [0, 0.05) is 5.69 Å². The van der Waals surface area contributed by atoms with E-state index in [1.165, 1.54) is 0 Å². The van der Waals surface area contributed by atoms with E-state index in [-0.39, 0.29) is 12.5 Å². The van der Waals surface area contributed by atoms with Gasteiger partial charge >= 0.3 is 5.97 Å². The average molecular weight is 345 g/mol. The number of amides is 1. The summed E-state index contributed by atoms with van der Waals surface area (Å²) >= 11 is 0. The zero-order valence-electron chi connectivity index (χ0n) is 14.4. The third-order valence-corrected chi connectivity index (χ3v) is 3.90. The lowest BCUT2D eigenvalue weighted by Gasteiger charge is -2.07. The van der Waals surface area contributed by atoms with E-state index in [2.05, 4.69) is 5.32 Å². The number of nitrogens with one attached hydrogen (secondary N) is 1. The lowest BCUT2D eigenvalue weighted by atomic mass is 10.0. The highest BCUT2D eigenvalue weighted by molar-refractivity contribution is 5.95. The van der Waals surface area contributed by atoms with Crippen LogP contribution < -0.4 is 5.32 Å². The Morgan fingerprint density at radius 2 is 1.42 bits per heavy atom. The molecule has 0 bridgehead atoms. The van der Waals surface area contributed by atoms with Crippen LogP contribution in [0.15, 0.2) is 78.9 Å². The van der Waals surface area contributed by atoms with E-state index in [1.807, 2.05) is 61.5 Å².